The molecule has 1 rings (SSSR count). The molecule has 0 amide bonds. The fourth-order valence-electron chi connectivity index (χ4n) is 1.13. The molecule has 0 aromatic carbocycles. The van der Waals surface area contributed by atoms with Gasteiger partial charge < -0.3 is 0 Å². The second kappa shape index (κ2) is 2.08. The summed E-state index contributed by atoms with van der Waals surface area (Å²) in [6, 6.07) is 0. The highest BCUT2D eigenvalue weighted by Gasteiger charge is 2.18. The third kappa shape index (κ3) is 1.12. The smallest absolute Gasteiger partial charge is 0.00424 e. The fraction of sp³-hybridized carbons (Fsp3) is 1.00. The molecular formula is C6H12S. The summed E-state index contributed by atoms with van der Waals surface area (Å²) in [4.78, 5) is 0. The van der Waals surface area contributed by atoms with Gasteiger partial charge in [-0.15, -0.1) is 0 Å². The summed E-state index contributed by atoms with van der Waals surface area (Å²) >= 11 is 4.39. The van der Waals surface area contributed by atoms with Gasteiger partial charge in [-0.05, 0) is 18.8 Å². The average Bonchev–Trinajstić information content (AvgIpc) is 1.91. The fourth-order valence-corrected chi connectivity index (χ4v) is 1.46. The van der Waals surface area contributed by atoms with Crippen LogP contribution in [0.4, 0.5) is 0 Å². The zero-order valence-corrected chi connectivity index (χ0v) is 5.62. The van der Waals surface area contributed by atoms with Crippen molar-refractivity contribution < 1.29 is 0 Å². The van der Waals surface area contributed by atoms with Crippen LogP contribution in [0.2, 0.25) is 0 Å². The Kier molecular flexibility index (Phi) is 1.63. The Bertz CT molecular complexity index is 53.2. The zero-order chi connectivity index (χ0) is 5.28. The second-order valence-corrected chi connectivity index (χ2v) is 3.14. The lowest BCUT2D eigenvalue weighted by atomic mass is 10.1. The molecule has 0 heterocycles. The Balaban J connectivity index is 2.33. The van der Waals surface area contributed by atoms with Crippen LogP contribution in [-0.4, -0.2) is 5.25 Å². The Hall–Kier alpha value is 0.350. The molecule has 2 atom stereocenters. The summed E-state index contributed by atoms with van der Waals surface area (Å²) in [6.45, 7) is 2.28. The van der Waals surface area contributed by atoms with E-state index in [0.717, 1.165) is 5.92 Å². The molecular weight excluding hydrogens is 104 g/mol. The summed E-state index contributed by atoms with van der Waals surface area (Å²) in [6.07, 6.45) is 4.13. The quantitative estimate of drug-likeness (QED) is 0.460. The van der Waals surface area contributed by atoms with Gasteiger partial charge in [0.25, 0.3) is 0 Å². The van der Waals surface area contributed by atoms with E-state index in [4.69, 9.17) is 0 Å². The molecule has 1 fully saturated rings. The Labute approximate surface area is 50.7 Å². The van der Waals surface area contributed by atoms with Gasteiger partial charge >= 0.3 is 0 Å². The van der Waals surface area contributed by atoms with Gasteiger partial charge in [0, 0.05) is 5.25 Å². The number of hydrogen-bond donors (Lipinski definition) is 1. The third-order valence-corrected chi connectivity index (χ3v) is 2.58. The van der Waals surface area contributed by atoms with Crippen molar-refractivity contribution in [3.63, 3.8) is 0 Å². The minimum Gasteiger partial charge on any atom is -0.176 e. The normalized spacial score (nSPS) is 42.0. The molecule has 0 spiro atoms. The molecule has 0 nitrogen and oxygen atoms in total. The molecule has 0 unspecified atom stereocenters. The largest absolute Gasteiger partial charge is 0.176 e. The molecule has 7 heavy (non-hydrogen) atoms. The monoisotopic (exact) mass is 116 g/mol. The van der Waals surface area contributed by atoms with Crippen molar-refractivity contribution in [1.82, 2.24) is 0 Å². The average molecular weight is 116 g/mol. The molecule has 0 radical (unpaired) electrons. The molecule has 42 valence electrons. The third-order valence-electron chi connectivity index (χ3n) is 1.82. The molecule has 1 aliphatic rings. The van der Waals surface area contributed by atoms with Crippen LogP contribution in [0, 0.1) is 5.92 Å². The van der Waals surface area contributed by atoms with Gasteiger partial charge in [0.1, 0.15) is 0 Å². The summed E-state index contributed by atoms with van der Waals surface area (Å²) in [5.41, 5.74) is 0. The maximum Gasteiger partial charge on any atom is 0.00424 e. The maximum atomic E-state index is 4.39. The Morgan fingerprint density at radius 2 is 2.14 bits per heavy atom. The van der Waals surface area contributed by atoms with E-state index < -0.39 is 0 Å². The molecule has 1 aliphatic carbocycles. The van der Waals surface area contributed by atoms with Gasteiger partial charge in [-0.2, -0.15) is 12.6 Å². The van der Waals surface area contributed by atoms with E-state index in [1.807, 2.05) is 0 Å². The van der Waals surface area contributed by atoms with Gasteiger partial charge in [-0.1, -0.05) is 13.3 Å². The van der Waals surface area contributed by atoms with E-state index in [0.29, 0.717) is 5.25 Å². The van der Waals surface area contributed by atoms with E-state index >= 15 is 0 Å². The van der Waals surface area contributed by atoms with Crippen molar-refractivity contribution in [3.8, 4) is 0 Å². The molecule has 0 aliphatic heterocycles. The number of thiol groups is 1. The van der Waals surface area contributed by atoms with Crippen molar-refractivity contribution in [2.24, 2.45) is 5.92 Å². The highest BCUT2D eigenvalue weighted by atomic mass is 32.1. The van der Waals surface area contributed by atoms with Crippen molar-refractivity contribution in [2.45, 2.75) is 31.4 Å². The lowest BCUT2D eigenvalue weighted by molar-refractivity contribution is 0.627. The van der Waals surface area contributed by atoms with E-state index in [2.05, 4.69) is 19.6 Å². The van der Waals surface area contributed by atoms with Crippen LogP contribution >= 0.6 is 12.6 Å². The predicted octanol–water partition coefficient (Wildman–Crippen LogP) is 2.10. The topological polar surface area (TPSA) is 0 Å². The van der Waals surface area contributed by atoms with E-state index in [1.165, 1.54) is 19.3 Å². The first-order valence-electron chi connectivity index (χ1n) is 2.99. The highest BCUT2D eigenvalue weighted by molar-refractivity contribution is 7.81. The molecule has 0 saturated heterocycles. The van der Waals surface area contributed by atoms with Gasteiger partial charge in [-0.3, -0.25) is 0 Å². The first-order valence-corrected chi connectivity index (χ1v) is 3.50. The lowest BCUT2D eigenvalue weighted by Gasteiger charge is -2.04. The predicted molar refractivity (Wildman–Crippen MR) is 35.8 cm³/mol. The van der Waals surface area contributed by atoms with Crippen molar-refractivity contribution in [1.29, 1.82) is 0 Å². The standard InChI is InChI=1S/C6H12S/c1-5-3-2-4-6(5)7/h5-7H,2-4H2,1H3/t5-,6-/m0/s1. The minimum absolute atomic E-state index is 0.708. The molecule has 1 saturated carbocycles. The molecule has 0 bridgehead atoms. The van der Waals surface area contributed by atoms with Crippen molar-refractivity contribution >= 4 is 12.6 Å². The van der Waals surface area contributed by atoms with Crippen LogP contribution in [0.1, 0.15) is 26.2 Å². The second-order valence-electron chi connectivity index (χ2n) is 2.48. The first-order chi connectivity index (χ1) is 3.30. The summed E-state index contributed by atoms with van der Waals surface area (Å²) in [7, 11) is 0. The Morgan fingerprint density at radius 1 is 1.43 bits per heavy atom. The van der Waals surface area contributed by atoms with E-state index in [-0.39, 0.29) is 0 Å². The van der Waals surface area contributed by atoms with Gasteiger partial charge in [0.15, 0.2) is 0 Å². The minimum atomic E-state index is 0.708. The number of rotatable bonds is 0. The van der Waals surface area contributed by atoms with Crippen molar-refractivity contribution in [3.05, 3.63) is 0 Å². The maximum absolute atomic E-state index is 4.39. The van der Waals surface area contributed by atoms with E-state index in [1.54, 1.807) is 0 Å². The zero-order valence-electron chi connectivity index (χ0n) is 4.72. The Morgan fingerprint density at radius 3 is 2.29 bits per heavy atom. The van der Waals surface area contributed by atoms with Crippen LogP contribution in [0.3, 0.4) is 0 Å². The SMILES string of the molecule is C[C@H]1CCC[C@@H]1S. The van der Waals surface area contributed by atoms with Gasteiger partial charge in [0.2, 0.25) is 0 Å². The number of hydrogen-bond acceptors (Lipinski definition) is 1. The van der Waals surface area contributed by atoms with Crippen LogP contribution in [-0.2, 0) is 0 Å². The van der Waals surface area contributed by atoms with Crippen LogP contribution in [0.15, 0.2) is 0 Å². The van der Waals surface area contributed by atoms with Crippen molar-refractivity contribution in [2.75, 3.05) is 0 Å². The van der Waals surface area contributed by atoms with Crippen LogP contribution in [0.5, 0.6) is 0 Å². The van der Waals surface area contributed by atoms with Gasteiger partial charge in [-0.25, -0.2) is 0 Å². The molecule has 0 N–H and O–H groups in total. The summed E-state index contributed by atoms with van der Waals surface area (Å²) in [5.74, 6) is 0.878. The molecule has 1 heteroatoms. The van der Waals surface area contributed by atoms with Crippen LogP contribution < -0.4 is 0 Å². The lowest BCUT2D eigenvalue weighted by Crippen LogP contribution is -1.99. The molecule has 0 aromatic heterocycles. The molecule has 0 aromatic rings. The van der Waals surface area contributed by atoms with Gasteiger partial charge in [0.05, 0.1) is 0 Å². The highest BCUT2D eigenvalue weighted by Crippen LogP contribution is 2.28. The van der Waals surface area contributed by atoms with Crippen LogP contribution in [0.25, 0.3) is 0 Å². The first kappa shape index (κ1) is 5.49. The summed E-state index contributed by atoms with van der Waals surface area (Å²) < 4.78 is 0. The van der Waals surface area contributed by atoms with E-state index in [9.17, 15) is 0 Å². The summed E-state index contributed by atoms with van der Waals surface area (Å²) in [5, 5.41) is 0.708.